The van der Waals surface area contributed by atoms with Gasteiger partial charge in [0.2, 0.25) is 0 Å². The summed E-state index contributed by atoms with van der Waals surface area (Å²) in [5.74, 6) is 0.686. The topological polar surface area (TPSA) is 128 Å². The third-order valence-electron chi connectivity index (χ3n) is 9.09. The molecule has 0 bridgehead atoms. The lowest BCUT2D eigenvalue weighted by Gasteiger charge is -2.43. The standard InChI is InChI=1S/C33H50N6O5S2/c1-33(2)17-15-27(16-18-33)37-20-22-38(23-21-37)32(40)35-46(43,44)29-13-14-30(31(24-29)39(41)42)34-26(10-8-9-19-36(3)4)25-45-28-11-6-5-7-12-28/h5-7,11-14,24,26-27,34H,8-10,15-23,25H2,1-4H3,(H,35,40)/t26-/m1/s1. The van der Waals surface area contributed by atoms with Gasteiger partial charge in [0.05, 0.1) is 9.82 Å². The molecule has 0 spiro atoms. The molecule has 2 N–H and O–H groups in total. The van der Waals surface area contributed by atoms with Crippen LogP contribution in [-0.4, -0.2) is 98.7 Å². The van der Waals surface area contributed by atoms with Gasteiger partial charge < -0.3 is 15.1 Å². The van der Waals surface area contributed by atoms with E-state index in [4.69, 9.17) is 0 Å². The summed E-state index contributed by atoms with van der Waals surface area (Å²) in [4.78, 5) is 31.4. The lowest BCUT2D eigenvalue weighted by atomic mass is 9.75. The highest BCUT2D eigenvalue weighted by Crippen LogP contribution is 2.37. The second kappa shape index (κ2) is 16.3. The quantitative estimate of drug-likeness (QED) is 0.109. The summed E-state index contributed by atoms with van der Waals surface area (Å²) in [6, 6.07) is 13.5. The first kappa shape index (κ1) is 36.0. The van der Waals surface area contributed by atoms with Gasteiger partial charge in [-0.05, 0) is 88.8 Å². The molecule has 1 saturated carbocycles. The summed E-state index contributed by atoms with van der Waals surface area (Å²) in [5, 5.41) is 15.4. The van der Waals surface area contributed by atoms with E-state index in [1.807, 2.05) is 44.4 Å². The van der Waals surface area contributed by atoms with Crippen LogP contribution in [0.1, 0.15) is 58.8 Å². The van der Waals surface area contributed by atoms with Gasteiger partial charge in [0.1, 0.15) is 5.69 Å². The number of hydrogen-bond acceptors (Lipinski definition) is 9. The van der Waals surface area contributed by atoms with Crippen molar-refractivity contribution >= 4 is 39.2 Å². The van der Waals surface area contributed by atoms with Gasteiger partial charge in [0.25, 0.3) is 15.7 Å². The SMILES string of the molecule is CN(C)CCCC[C@H](CSc1ccccc1)Nc1ccc(S(=O)(=O)NC(=O)N2CCN(C3CCC(C)(C)CC3)CC2)cc1[N+](=O)[O-]. The van der Waals surface area contributed by atoms with Gasteiger partial charge in [-0.25, -0.2) is 17.9 Å². The van der Waals surface area contributed by atoms with E-state index in [-0.39, 0.29) is 22.3 Å². The molecule has 13 heteroatoms. The minimum absolute atomic E-state index is 0.0769. The van der Waals surface area contributed by atoms with Crippen molar-refractivity contribution in [2.75, 3.05) is 57.9 Å². The second-order valence-corrected chi connectivity index (χ2v) is 16.3. The van der Waals surface area contributed by atoms with Crippen LogP contribution in [0.2, 0.25) is 0 Å². The van der Waals surface area contributed by atoms with Crippen LogP contribution in [0.5, 0.6) is 0 Å². The molecule has 4 rings (SSSR count). The van der Waals surface area contributed by atoms with Crippen LogP contribution in [0.25, 0.3) is 0 Å². The number of unbranched alkanes of at least 4 members (excludes halogenated alkanes) is 1. The van der Waals surface area contributed by atoms with E-state index < -0.39 is 21.0 Å². The maximum absolute atomic E-state index is 13.2. The zero-order chi connectivity index (χ0) is 33.3. The molecule has 2 fully saturated rings. The van der Waals surface area contributed by atoms with Crippen molar-refractivity contribution in [3.05, 3.63) is 58.6 Å². The molecule has 46 heavy (non-hydrogen) atoms. The third kappa shape index (κ3) is 10.6. The van der Waals surface area contributed by atoms with Crippen molar-refractivity contribution < 1.29 is 18.1 Å². The van der Waals surface area contributed by atoms with E-state index >= 15 is 0 Å². The van der Waals surface area contributed by atoms with Crippen molar-refractivity contribution in [2.24, 2.45) is 5.41 Å². The maximum Gasteiger partial charge on any atom is 0.331 e. The number of nitrogens with one attached hydrogen (secondary N) is 2. The molecule has 0 unspecified atom stereocenters. The number of sulfonamides is 1. The fraction of sp³-hybridized carbons (Fsp3) is 0.606. The molecule has 1 atom stereocenters. The Labute approximate surface area is 278 Å². The molecule has 0 aromatic heterocycles. The van der Waals surface area contributed by atoms with Crippen molar-refractivity contribution in [3.8, 4) is 0 Å². The number of benzene rings is 2. The lowest BCUT2D eigenvalue weighted by Crippen LogP contribution is -2.55. The highest BCUT2D eigenvalue weighted by atomic mass is 32.2. The molecule has 2 aliphatic rings. The fourth-order valence-electron chi connectivity index (χ4n) is 6.18. The molecule has 254 valence electrons. The Morgan fingerprint density at radius 2 is 1.74 bits per heavy atom. The van der Waals surface area contributed by atoms with E-state index in [2.05, 4.69) is 33.7 Å². The van der Waals surface area contributed by atoms with Gasteiger partial charge in [-0.15, -0.1) is 11.8 Å². The Balaban J connectivity index is 1.39. The number of rotatable bonds is 14. The molecule has 1 heterocycles. The summed E-state index contributed by atoms with van der Waals surface area (Å²) in [7, 11) is -0.267. The van der Waals surface area contributed by atoms with Crippen LogP contribution in [0.4, 0.5) is 16.2 Å². The average Bonchev–Trinajstić information content (AvgIpc) is 3.02. The molecule has 2 aromatic rings. The number of carbonyl (C=O) groups excluding carboxylic acids is 1. The number of nitro benzene ring substituents is 1. The predicted octanol–water partition coefficient (Wildman–Crippen LogP) is 5.88. The van der Waals surface area contributed by atoms with E-state index in [1.165, 1.54) is 29.9 Å². The Morgan fingerprint density at radius 1 is 1.07 bits per heavy atom. The first-order valence-electron chi connectivity index (χ1n) is 16.3. The normalized spacial score (nSPS) is 18.3. The highest BCUT2D eigenvalue weighted by molar-refractivity contribution is 7.99. The van der Waals surface area contributed by atoms with Crippen molar-refractivity contribution in [2.45, 2.75) is 80.7 Å². The summed E-state index contributed by atoms with van der Waals surface area (Å²) >= 11 is 1.67. The zero-order valence-corrected chi connectivity index (χ0v) is 29.2. The second-order valence-electron chi connectivity index (χ2n) is 13.5. The van der Waals surface area contributed by atoms with Crippen molar-refractivity contribution in [1.82, 2.24) is 19.4 Å². The van der Waals surface area contributed by atoms with Crippen molar-refractivity contribution in [1.29, 1.82) is 0 Å². The summed E-state index contributed by atoms with van der Waals surface area (Å²) in [6.07, 6.45) is 7.37. The largest absolute Gasteiger partial charge is 0.376 e. The number of urea groups is 1. The zero-order valence-electron chi connectivity index (χ0n) is 27.6. The van der Waals surface area contributed by atoms with E-state index in [0.29, 0.717) is 43.4 Å². The van der Waals surface area contributed by atoms with E-state index in [9.17, 15) is 23.3 Å². The lowest BCUT2D eigenvalue weighted by molar-refractivity contribution is -0.384. The fourth-order valence-corrected chi connectivity index (χ4v) is 8.16. The molecule has 1 saturated heterocycles. The predicted molar refractivity (Wildman–Crippen MR) is 185 cm³/mol. The van der Waals surface area contributed by atoms with Crippen LogP contribution >= 0.6 is 11.8 Å². The van der Waals surface area contributed by atoms with Crippen LogP contribution < -0.4 is 10.0 Å². The molecule has 1 aliphatic carbocycles. The maximum atomic E-state index is 13.2. The van der Waals surface area contributed by atoms with Crippen LogP contribution in [0, 0.1) is 15.5 Å². The van der Waals surface area contributed by atoms with E-state index in [1.54, 1.807) is 11.8 Å². The van der Waals surface area contributed by atoms with Gasteiger partial charge in [-0.2, -0.15) is 0 Å². The number of piperazine rings is 1. The number of anilines is 1. The van der Waals surface area contributed by atoms with Gasteiger partial charge in [-0.1, -0.05) is 38.5 Å². The molecule has 0 radical (unpaired) electrons. The molecular formula is C33H50N6O5S2. The highest BCUT2D eigenvalue weighted by Gasteiger charge is 2.33. The number of carbonyl (C=O) groups is 1. The third-order valence-corrected chi connectivity index (χ3v) is 11.6. The summed E-state index contributed by atoms with van der Waals surface area (Å²) < 4.78 is 28.6. The van der Waals surface area contributed by atoms with E-state index in [0.717, 1.165) is 49.6 Å². The minimum Gasteiger partial charge on any atom is -0.376 e. The van der Waals surface area contributed by atoms with Crippen LogP contribution in [0.3, 0.4) is 0 Å². The Kier molecular flexibility index (Phi) is 12.7. The van der Waals surface area contributed by atoms with Gasteiger partial charge >= 0.3 is 6.03 Å². The summed E-state index contributed by atoms with van der Waals surface area (Å²) in [5.41, 5.74) is 0.288. The number of thioether (sulfide) groups is 1. The molecule has 1 aliphatic heterocycles. The number of nitro groups is 1. The smallest absolute Gasteiger partial charge is 0.331 e. The Hall–Kier alpha value is -2.87. The minimum atomic E-state index is -4.32. The van der Waals surface area contributed by atoms with Gasteiger partial charge in [-0.3, -0.25) is 15.0 Å². The molecule has 11 nitrogen and oxygen atoms in total. The monoisotopic (exact) mass is 674 g/mol. The van der Waals surface area contributed by atoms with Crippen LogP contribution in [-0.2, 0) is 10.0 Å². The summed E-state index contributed by atoms with van der Waals surface area (Å²) in [6.45, 7) is 7.82. The van der Waals surface area contributed by atoms with Gasteiger partial charge in [0.15, 0.2) is 0 Å². The molecule has 2 aromatic carbocycles. The molecule has 2 amide bonds. The van der Waals surface area contributed by atoms with Gasteiger partial charge in [0, 0.05) is 55.0 Å². The first-order valence-corrected chi connectivity index (χ1v) is 18.7. The Morgan fingerprint density at radius 3 is 2.37 bits per heavy atom. The Bertz CT molecular complexity index is 1400. The van der Waals surface area contributed by atoms with Crippen LogP contribution in [0.15, 0.2) is 58.3 Å². The number of hydrogen-bond donors (Lipinski definition) is 2. The average molecular weight is 675 g/mol. The van der Waals surface area contributed by atoms with Crippen molar-refractivity contribution in [3.63, 3.8) is 0 Å². The number of nitrogens with zero attached hydrogens (tertiary/aromatic N) is 4. The number of amides is 2. The molecular weight excluding hydrogens is 625 g/mol. The first-order chi connectivity index (χ1) is 21.8.